The molecule has 0 radical (unpaired) electrons. The quantitative estimate of drug-likeness (QED) is 0.478. The molecule has 0 bridgehead atoms. The molecule has 1 aromatic rings. The number of aliphatic hydroxyl groups is 1. The molecule has 0 saturated heterocycles. The van der Waals surface area contributed by atoms with Crippen molar-refractivity contribution in [2.75, 3.05) is 25.5 Å². The van der Waals surface area contributed by atoms with Crippen molar-refractivity contribution in [2.45, 2.75) is 12.8 Å². The standard InChI is InChI=1S/C12H18N2O3/c13-10-3-1-4-11(9-10)17-8-5-12(16)14-6-2-7-15/h1,3-4,9,15H,2,5-8,13H2,(H,14,16). The molecular formula is C12H18N2O3. The summed E-state index contributed by atoms with van der Waals surface area (Å²) in [6.45, 7) is 0.891. The van der Waals surface area contributed by atoms with Crippen LogP contribution in [0.15, 0.2) is 24.3 Å². The van der Waals surface area contributed by atoms with Crippen LogP contribution in [0.3, 0.4) is 0 Å². The molecule has 4 N–H and O–H groups in total. The maximum atomic E-state index is 11.3. The smallest absolute Gasteiger partial charge is 0.223 e. The van der Waals surface area contributed by atoms with Crippen LogP contribution in [0, 0.1) is 0 Å². The molecule has 0 atom stereocenters. The molecule has 0 fully saturated rings. The monoisotopic (exact) mass is 238 g/mol. The highest BCUT2D eigenvalue weighted by atomic mass is 16.5. The highest BCUT2D eigenvalue weighted by molar-refractivity contribution is 5.75. The van der Waals surface area contributed by atoms with Crippen molar-refractivity contribution >= 4 is 11.6 Å². The first-order chi connectivity index (χ1) is 8.22. The SMILES string of the molecule is Nc1cccc(OCCC(=O)NCCCO)c1. The van der Waals surface area contributed by atoms with Crippen LogP contribution in [-0.2, 0) is 4.79 Å². The van der Waals surface area contributed by atoms with Gasteiger partial charge in [0, 0.05) is 24.9 Å². The number of amides is 1. The number of nitrogens with two attached hydrogens (primary N) is 1. The van der Waals surface area contributed by atoms with E-state index in [1.807, 2.05) is 0 Å². The molecule has 0 aromatic heterocycles. The molecule has 0 heterocycles. The Labute approximate surface area is 101 Å². The van der Waals surface area contributed by atoms with Gasteiger partial charge in [0.05, 0.1) is 13.0 Å². The van der Waals surface area contributed by atoms with Crippen LogP contribution < -0.4 is 15.8 Å². The average molecular weight is 238 g/mol. The summed E-state index contributed by atoms with van der Waals surface area (Å²) in [4.78, 5) is 11.3. The molecule has 0 aliphatic rings. The summed E-state index contributed by atoms with van der Waals surface area (Å²) >= 11 is 0. The molecule has 0 saturated carbocycles. The topological polar surface area (TPSA) is 84.6 Å². The van der Waals surface area contributed by atoms with Crippen LogP contribution in [0.1, 0.15) is 12.8 Å². The van der Waals surface area contributed by atoms with Gasteiger partial charge < -0.3 is 20.9 Å². The van der Waals surface area contributed by atoms with Gasteiger partial charge in [0.2, 0.25) is 5.91 Å². The predicted molar refractivity (Wildman–Crippen MR) is 65.7 cm³/mol. The second-order valence-corrected chi connectivity index (χ2v) is 3.60. The Kier molecular flexibility index (Phi) is 5.88. The number of hydrogen-bond acceptors (Lipinski definition) is 4. The summed E-state index contributed by atoms with van der Waals surface area (Å²) in [6.07, 6.45) is 0.863. The summed E-state index contributed by atoms with van der Waals surface area (Å²) in [5.41, 5.74) is 6.22. The lowest BCUT2D eigenvalue weighted by molar-refractivity contribution is -0.121. The fraction of sp³-hybridized carbons (Fsp3) is 0.417. The van der Waals surface area contributed by atoms with Crippen molar-refractivity contribution in [1.29, 1.82) is 0 Å². The maximum Gasteiger partial charge on any atom is 0.223 e. The second kappa shape index (κ2) is 7.51. The van der Waals surface area contributed by atoms with Crippen molar-refractivity contribution in [1.82, 2.24) is 5.32 Å². The van der Waals surface area contributed by atoms with Gasteiger partial charge in [-0.05, 0) is 18.6 Å². The van der Waals surface area contributed by atoms with Gasteiger partial charge in [-0.3, -0.25) is 4.79 Å². The number of aliphatic hydroxyl groups excluding tert-OH is 1. The fourth-order valence-corrected chi connectivity index (χ4v) is 1.26. The predicted octanol–water partition coefficient (Wildman–Crippen LogP) is 0.536. The van der Waals surface area contributed by atoms with E-state index in [-0.39, 0.29) is 12.5 Å². The van der Waals surface area contributed by atoms with Gasteiger partial charge in [-0.15, -0.1) is 0 Å². The second-order valence-electron chi connectivity index (χ2n) is 3.60. The number of nitrogens with one attached hydrogen (secondary N) is 1. The van der Waals surface area contributed by atoms with E-state index in [9.17, 15) is 4.79 Å². The molecule has 0 aliphatic heterocycles. The third-order valence-corrected chi connectivity index (χ3v) is 2.11. The number of carbonyl (C=O) groups is 1. The Bertz CT molecular complexity index is 355. The minimum absolute atomic E-state index is 0.0812. The first-order valence-electron chi connectivity index (χ1n) is 5.58. The largest absolute Gasteiger partial charge is 0.493 e. The lowest BCUT2D eigenvalue weighted by atomic mass is 10.3. The Morgan fingerprint density at radius 3 is 3.00 bits per heavy atom. The van der Waals surface area contributed by atoms with E-state index in [0.717, 1.165) is 0 Å². The molecule has 5 heteroatoms. The zero-order valence-corrected chi connectivity index (χ0v) is 9.69. The summed E-state index contributed by atoms with van der Waals surface area (Å²) in [7, 11) is 0. The van der Waals surface area contributed by atoms with E-state index in [2.05, 4.69) is 5.32 Å². The summed E-state index contributed by atoms with van der Waals surface area (Å²) < 4.78 is 5.37. The lowest BCUT2D eigenvalue weighted by Crippen LogP contribution is -2.26. The Hall–Kier alpha value is -1.75. The van der Waals surface area contributed by atoms with E-state index in [0.29, 0.717) is 37.4 Å². The maximum absolute atomic E-state index is 11.3. The van der Waals surface area contributed by atoms with Crippen molar-refractivity contribution in [2.24, 2.45) is 0 Å². The Morgan fingerprint density at radius 2 is 2.29 bits per heavy atom. The van der Waals surface area contributed by atoms with Crippen LogP contribution in [0.4, 0.5) is 5.69 Å². The van der Waals surface area contributed by atoms with Gasteiger partial charge in [0.25, 0.3) is 0 Å². The van der Waals surface area contributed by atoms with Crippen LogP contribution in [0.25, 0.3) is 0 Å². The Morgan fingerprint density at radius 1 is 1.47 bits per heavy atom. The molecule has 1 rings (SSSR count). The van der Waals surface area contributed by atoms with Crippen molar-refractivity contribution in [3.8, 4) is 5.75 Å². The van der Waals surface area contributed by atoms with Crippen LogP contribution >= 0.6 is 0 Å². The summed E-state index contributed by atoms with van der Waals surface area (Å²) in [5, 5.41) is 11.2. The molecule has 0 unspecified atom stereocenters. The van der Waals surface area contributed by atoms with E-state index >= 15 is 0 Å². The summed E-state index contributed by atoms with van der Waals surface area (Å²) in [5.74, 6) is 0.579. The molecule has 17 heavy (non-hydrogen) atoms. The minimum Gasteiger partial charge on any atom is -0.493 e. The van der Waals surface area contributed by atoms with Crippen LogP contribution in [-0.4, -0.2) is 30.8 Å². The van der Waals surface area contributed by atoms with E-state index in [1.165, 1.54) is 0 Å². The molecule has 1 aromatic carbocycles. The number of anilines is 1. The van der Waals surface area contributed by atoms with Crippen LogP contribution in [0.2, 0.25) is 0 Å². The molecule has 0 aliphatic carbocycles. The molecule has 1 amide bonds. The fourth-order valence-electron chi connectivity index (χ4n) is 1.26. The van der Waals surface area contributed by atoms with Gasteiger partial charge >= 0.3 is 0 Å². The number of hydrogen-bond donors (Lipinski definition) is 3. The lowest BCUT2D eigenvalue weighted by Gasteiger charge is -2.07. The Balaban J connectivity index is 2.17. The van der Waals surface area contributed by atoms with E-state index in [4.69, 9.17) is 15.6 Å². The van der Waals surface area contributed by atoms with Gasteiger partial charge in [0.1, 0.15) is 5.75 Å². The molecule has 0 spiro atoms. The first-order valence-corrected chi connectivity index (χ1v) is 5.58. The molecule has 94 valence electrons. The van der Waals surface area contributed by atoms with Gasteiger partial charge in [-0.2, -0.15) is 0 Å². The zero-order chi connectivity index (χ0) is 12.5. The number of rotatable bonds is 7. The number of benzene rings is 1. The van der Waals surface area contributed by atoms with Crippen LogP contribution in [0.5, 0.6) is 5.75 Å². The third-order valence-electron chi connectivity index (χ3n) is 2.11. The molecule has 5 nitrogen and oxygen atoms in total. The number of nitrogen functional groups attached to an aromatic ring is 1. The van der Waals surface area contributed by atoms with Gasteiger partial charge in [-0.25, -0.2) is 0 Å². The number of carbonyl (C=O) groups excluding carboxylic acids is 1. The van der Waals surface area contributed by atoms with Crippen molar-refractivity contribution < 1.29 is 14.6 Å². The highest BCUT2D eigenvalue weighted by Crippen LogP contribution is 2.14. The average Bonchev–Trinajstić information content (AvgIpc) is 2.29. The highest BCUT2D eigenvalue weighted by Gasteiger charge is 2.01. The van der Waals surface area contributed by atoms with E-state index < -0.39 is 0 Å². The minimum atomic E-state index is -0.0812. The third kappa shape index (κ3) is 5.77. The van der Waals surface area contributed by atoms with Crippen molar-refractivity contribution in [3.05, 3.63) is 24.3 Å². The number of ether oxygens (including phenoxy) is 1. The normalized spacial score (nSPS) is 9.94. The zero-order valence-electron chi connectivity index (χ0n) is 9.69. The molecular weight excluding hydrogens is 220 g/mol. The first kappa shape index (κ1) is 13.3. The van der Waals surface area contributed by atoms with Gasteiger partial charge in [0.15, 0.2) is 0 Å². The summed E-state index contributed by atoms with van der Waals surface area (Å²) in [6, 6.07) is 7.07. The van der Waals surface area contributed by atoms with E-state index in [1.54, 1.807) is 24.3 Å². The van der Waals surface area contributed by atoms with Gasteiger partial charge in [-0.1, -0.05) is 6.07 Å². The van der Waals surface area contributed by atoms with Crippen molar-refractivity contribution in [3.63, 3.8) is 0 Å².